The van der Waals surface area contributed by atoms with Gasteiger partial charge in [-0.2, -0.15) is 5.26 Å². The summed E-state index contributed by atoms with van der Waals surface area (Å²) in [5.74, 6) is 0.603. The highest BCUT2D eigenvalue weighted by molar-refractivity contribution is 14.0. The van der Waals surface area contributed by atoms with Crippen molar-refractivity contribution in [3.8, 4) is 17.2 Å². The molecule has 0 heterocycles. The van der Waals surface area contributed by atoms with Crippen LogP contribution < -0.4 is 5.73 Å². The number of rotatable bonds is 4. The lowest BCUT2D eigenvalue weighted by Gasteiger charge is -2.16. The van der Waals surface area contributed by atoms with Gasteiger partial charge in [-0.15, -0.1) is 24.0 Å². The van der Waals surface area contributed by atoms with Crippen LogP contribution >= 0.6 is 24.0 Å². The van der Waals surface area contributed by atoms with Crippen LogP contribution in [0.3, 0.4) is 0 Å². The molecule has 0 aromatic heterocycles. The highest BCUT2D eigenvalue weighted by atomic mass is 127. The van der Waals surface area contributed by atoms with Gasteiger partial charge < -0.3 is 10.6 Å². The van der Waals surface area contributed by atoms with E-state index in [-0.39, 0.29) is 24.0 Å². The molecule has 124 valence electrons. The molecule has 24 heavy (non-hydrogen) atoms. The van der Waals surface area contributed by atoms with E-state index in [1.165, 1.54) is 12.8 Å². The Kier molecular flexibility index (Phi) is 6.21. The number of hydrogen-bond acceptors (Lipinski definition) is 2. The molecule has 0 bridgehead atoms. The Morgan fingerprint density at radius 3 is 2.50 bits per heavy atom. The zero-order valence-electron chi connectivity index (χ0n) is 13.6. The number of halogens is 1. The average molecular weight is 432 g/mol. The zero-order chi connectivity index (χ0) is 16.2. The summed E-state index contributed by atoms with van der Waals surface area (Å²) >= 11 is 0. The van der Waals surface area contributed by atoms with Gasteiger partial charge in [0, 0.05) is 13.1 Å². The summed E-state index contributed by atoms with van der Waals surface area (Å²) in [7, 11) is 2.00. The largest absolute Gasteiger partial charge is 0.370 e. The van der Waals surface area contributed by atoms with Gasteiger partial charge in [0.2, 0.25) is 0 Å². The van der Waals surface area contributed by atoms with Crippen LogP contribution in [0.1, 0.15) is 24.0 Å². The van der Waals surface area contributed by atoms with Gasteiger partial charge in [-0.05, 0) is 35.6 Å². The first kappa shape index (κ1) is 18.3. The first-order valence-corrected chi connectivity index (χ1v) is 7.80. The second kappa shape index (κ2) is 8.15. The molecular weight excluding hydrogens is 411 g/mol. The molecule has 2 aromatic carbocycles. The Morgan fingerprint density at radius 1 is 1.21 bits per heavy atom. The summed E-state index contributed by atoms with van der Waals surface area (Å²) in [4.78, 5) is 6.51. The van der Waals surface area contributed by atoms with Crippen molar-refractivity contribution in [2.45, 2.75) is 25.4 Å². The molecule has 5 heteroatoms. The van der Waals surface area contributed by atoms with Crippen LogP contribution in [0.2, 0.25) is 0 Å². The number of aliphatic imine (C=N–C) groups is 1. The van der Waals surface area contributed by atoms with Gasteiger partial charge in [0.25, 0.3) is 0 Å². The highest BCUT2D eigenvalue weighted by Crippen LogP contribution is 2.25. The predicted molar refractivity (Wildman–Crippen MR) is 108 cm³/mol. The van der Waals surface area contributed by atoms with E-state index >= 15 is 0 Å². The fourth-order valence-corrected chi connectivity index (χ4v) is 2.55. The van der Waals surface area contributed by atoms with Gasteiger partial charge in [0.05, 0.1) is 18.2 Å². The summed E-state index contributed by atoms with van der Waals surface area (Å²) < 4.78 is 0. The first-order valence-electron chi connectivity index (χ1n) is 7.80. The van der Waals surface area contributed by atoms with E-state index in [4.69, 9.17) is 5.73 Å². The SMILES string of the molecule is CN(C(N)=NCc1ccc(-c2ccccc2C#N)cc1)C1CC1.I. The van der Waals surface area contributed by atoms with Crippen LogP contribution in [0, 0.1) is 11.3 Å². The van der Waals surface area contributed by atoms with Crippen LogP contribution in [0.4, 0.5) is 0 Å². The van der Waals surface area contributed by atoms with Crippen molar-refractivity contribution in [1.29, 1.82) is 5.26 Å². The van der Waals surface area contributed by atoms with Crippen molar-refractivity contribution >= 4 is 29.9 Å². The smallest absolute Gasteiger partial charge is 0.191 e. The number of hydrogen-bond donors (Lipinski definition) is 1. The van der Waals surface area contributed by atoms with E-state index < -0.39 is 0 Å². The van der Waals surface area contributed by atoms with E-state index in [1.54, 1.807) is 0 Å². The Labute approximate surface area is 160 Å². The van der Waals surface area contributed by atoms with E-state index in [0.717, 1.165) is 16.7 Å². The van der Waals surface area contributed by atoms with E-state index in [9.17, 15) is 5.26 Å². The number of nitrogens with zero attached hydrogens (tertiary/aromatic N) is 3. The third-order valence-electron chi connectivity index (χ3n) is 4.19. The molecule has 0 radical (unpaired) electrons. The number of guanidine groups is 1. The molecule has 1 saturated carbocycles. The second-order valence-electron chi connectivity index (χ2n) is 5.87. The lowest BCUT2D eigenvalue weighted by molar-refractivity contribution is 0.487. The molecule has 1 aliphatic rings. The zero-order valence-corrected chi connectivity index (χ0v) is 16.0. The molecule has 4 nitrogen and oxygen atoms in total. The minimum absolute atomic E-state index is 0. The molecule has 0 spiro atoms. The topological polar surface area (TPSA) is 65.4 Å². The molecule has 0 atom stereocenters. The van der Waals surface area contributed by atoms with E-state index in [0.29, 0.717) is 24.1 Å². The van der Waals surface area contributed by atoms with Crippen molar-refractivity contribution in [3.63, 3.8) is 0 Å². The van der Waals surface area contributed by atoms with Gasteiger partial charge in [0.1, 0.15) is 0 Å². The molecule has 1 aliphatic carbocycles. The van der Waals surface area contributed by atoms with Crippen molar-refractivity contribution < 1.29 is 0 Å². The lowest BCUT2D eigenvalue weighted by Crippen LogP contribution is -2.35. The summed E-state index contributed by atoms with van der Waals surface area (Å²) in [5, 5.41) is 9.20. The second-order valence-corrected chi connectivity index (χ2v) is 5.87. The number of benzene rings is 2. The number of nitrogens with two attached hydrogens (primary N) is 1. The van der Waals surface area contributed by atoms with Crippen molar-refractivity contribution in [2.75, 3.05) is 7.05 Å². The van der Waals surface area contributed by atoms with Gasteiger partial charge in [-0.25, -0.2) is 4.99 Å². The van der Waals surface area contributed by atoms with Gasteiger partial charge in [-0.1, -0.05) is 42.5 Å². The maximum absolute atomic E-state index is 9.20. The Hall–Kier alpha value is -2.07. The third-order valence-corrected chi connectivity index (χ3v) is 4.19. The van der Waals surface area contributed by atoms with Gasteiger partial charge in [0.15, 0.2) is 5.96 Å². The van der Waals surface area contributed by atoms with Crippen LogP contribution in [0.15, 0.2) is 53.5 Å². The molecular formula is C19H21IN4. The van der Waals surface area contributed by atoms with Crippen LogP contribution in [0.5, 0.6) is 0 Å². The summed E-state index contributed by atoms with van der Waals surface area (Å²) in [6.07, 6.45) is 2.42. The molecule has 3 rings (SSSR count). The average Bonchev–Trinajstić information content (AvgIpc) is 3.44. The van der Waals surface area contributed by atoms with Crippen LogP contribution in [-0.2, 0) is 6.54 Å². The molecule has 0 amide bonds. The first-order chi connectivity index (χ1) is 11.2. The van der Waals surface area contributed by atoms with Crippen molar-refractivity contribution in [2.24, 2.45) is 10.7 Å². The Bertz CT molecular complexity index is 758. The fraction of sp³-hybridized carbons (Fsp3) is 0.263. The molecule has 0 unspecified atom stereocenters. The maximum Gasteiger partial charge on any atom is 0.191 e. The molecule has 1 fully saturated rings. The van der Waals surface area contributed by atoms with Gasteiger partial charge >= 0.3 is 0 Å². The third kappa shape index (κ3) is 4.26. The van der Waals surface area contributed by atoms with E-state index in [1.807, 2.05) is 55.6 Å². The van der Waals surface area contributed by atoms with Crippen molar-refractivity contribution in [3.05, 3.63) is 59.7 Å². The summed E-state index contributed by atoms with van der Waals surface area (Å²) in [5.41, 5.74) is 9.80. The normalized spacial score (nSPS) is 13.8. The lowest BCUT2D eigenvalue weighted by atomic mass is 9.99. The predicted octanol–water partition coefficient (Wildman–Crippen LogP) is 3.75. The van der Waals surface area contributed by atoms with Crippen LogP contribution in [0.25, 0.3) is 11.1 Å². The quantitative estimate of drug-likeness (QED) is 0.455. The minimum Gasteiger partial charge on any atom is -0.370 e. The minimum atomic E-state index is 0. The maximum atomic E-state index is 9.20. The summed E-state index contributed by atoms with van der Waals surface area (Å²) in [6.45, 7) is 0.572. The molecule has 0 saturated heterocycles. The highest BCUT2D eigenvalue weighted by Gasteiger charge is 2.27. The van der Waals surface area contributed by atoms with E-state index in [2.05, 4.69) is 16.0 Å². The Morgan fingerprint density at radius 2 is 1.88 bits per heavy atom. The van der Waals surface area contributed by atoms with Crippen molar-refractivity contribution in [1.82, 2.24) is 4.90 Å². The van der Waals surface area contributed by atoms with Crippen LogP contribution in [-0.4, -0.2) is 23.9 Å². The Balaban J connectivity index is 0.00000208. The fourth-order valence-electron chi connectivity index (χ4n) is 2.55. The molecule has 0 aliphatic heterocycles. The summed E-state index contributed by atoms with van der Waals surface area (Å²) in [6, 6.07) is 18.6. The monoisotopic (exact) mass is 432 g/mol. The number of nitriles is 1. The molecule has 2 aromatic rings. The standard InChI is InChI=1S/C19H20N4.HI/c1-23(17-10-11-17)19(21)22-13-14-6-8-15(9-7-14)18-5-3-2-4-16(18)12-20;/h2-9,17H,10-11,13H2,1H3,(H2,21,22);1H. The van der Waals surface area contributed by atoms with Gasteiger partial charge in [-0.3, -0.25) is 0 Å². The molecule has 2 N–H and O–H groups in total.